The van der Waals surface area contributed by atoms with Gasteiger partial charge in [0.15, 0.2) is 11.5 Å². The number of hydrogen-bond donors (Lipinski definition) is 5. The van der Waals surface area contributed by atoms with E-state index in [0.717, 1.165) is 6.08 Å². The Morgan fingerprint density at radius 3 is 2.57 bits per heavy atom. The Kier molecular flexibility index (Phi) is 6.16. The first-order valence-corrected chi connectivity index (χ1v) is 6.19. The summed E-state index contributed by atoms with van der Waals surface area (Å²) in [6, 6.07) is 2.73. The number of carboxylic acids is 1. The minimum Gasteiger partial charge on any atom is -0.504 e. The molecule has 0 saturated heterocycles. The Morgan fingerprint density at radius 2 is 2.05 bits per heavy atom. The molecule has 0 aliphatic rings. The number of benzene rings is 1. The summed E-state index contributed by atoms with van der Waals surface area (Å²) in [7, 11) is 1.31. The van der Waals surface area contributed by atoms with E-state index in [9.17, 15) is 20.1 Å². The Balaban J connectivity index is 3.23. The Morgan fingerprint density at radius 1 is 1.38 bits per heavy atom. The van der Waals surface area contributed by atoms with Crippen molar-refractivity contribution in [3.05, 3.63) is 29.3 Å². The number of phenolic OH excluding ortho intramolecular Hbond substituents is 1. The molecule has 0 aromatic heterocycles. The number of carbonyl (C=O) groups is 1. The van der Waals surface area contributed by atoms with E-state index in [-0.39, 0.29) is 30.1 Å². The first-order valence-electron chi connectivity index (χ1n) is 6.19. The summed E-state index contributed by atoms with van der Waals surface area (Å²) in [5.41, 5.74) is 0.359. The third-order valence-corrected chi connectivity index (χ3v) is 2.87. The summed E-state index contributed by atoms with van der Waals surface area (Å²) in [4.78, 5) is 10.5. The van der Waals surface area contributed by atoms with E-state index >= 15 is 0 Å². The van der Waals surface area contributed by atoms with Crippen molar-refractivity contribution in [2.24, 2.45) is 0 Å². The summed E-state index contributed by atoms with van der Waals surface area (Å²) >= 11 is 0. The molecule has 0 fully saturated rings. The quantitative estimate of drug-likeness (QED) is 0.457. The standard InChI is InChI=1S/C14H18O7/c1-21-11-7-8(2-3-12(17)18)6-9(14(11)20)13(19)10(16)4-5-15/h2-3,6-7,10,13,15-16,19-20H,4-5H2,1H3,(H,17,18). The summed E-state index contributed by atoms with van der Waals surface area (Å²) in [6.45, 7) is -0.325. The van der Waals surface area contributed by atoms with Gasteiger partial charge in [-0.2, -0.15) is 0 Å². The lowest BCUT2D eigenvalue weighted by Crippen LogP contribution is -2.19. The van der Waals surface area contributed by atoms with Crippen LogP contribution in [0.4, 0.5) is 0 Å². The van der Waals surface area contributed by atoms with E-state index in [1.165, 1.54) is 25.3 Å². The van der Waals surface area contributed by atoms with Gasteiger partial charge >= 0.3 is 5.97 Å². The number of rotatable bonds is 7. The molecule has 0 spiro atoms. The van der Waals surface area contributed by atoms with Crippen LogP contribution in [0, 0.1) is 0 Å². The number of aliphatic carboxylic acids is 1. The number of carboxylic acid groups (broad SMARTS) is 1. The Hall–Kier alpha value is -2.09. The van der Waals surface area contributed by atoms with E-state index in [1.54, 1.807) is 0 Å². The normalized spacial score (nSPS) is 14.1. The van der Waals surface area contributed by atoms with Crippen molar-refractivity contribution in [3.63, 3.8) is 0 Å². The predicted molar refractivity (Wildman–Crippen MR) is 74.0 cm³/mol. The van der Waals surface area contributed by atoms with Gasteiger partial charge in [0.05, 0.1) is 13.2 Å². The number of phenols is 1. The molecule has 116 valence electrons. The maximum absolute atomic E-state index is 10.5. The van der Waals surface area contributed by atoms with E-state index in [4.69, 9.17) is 14.9 Å². The molecule has 0 saturated carbocycles. The second kappa shape index (κ2) is 7.63. The monoisotopic (exact) mass is 298 g/mol. The van der Waals surface area contributed by atoms with Crippen LogP contribution < -0.4 is 4.74 Å². The number of methoxy groups -OCH3 is 1. The molecule has 0 bridgehead atoms. The lowest BCUT2D eigenvalue weighted by Gasteiger charge is -2.20. The maximum Gasteiger partial charge on any atom is 0.328 e. The van der Waals surface area contributed by atoms with Crippen molar-refractivity contribution in [1.82, 2.24) is 0 Å². The number of aliphatic hydroxyl groups is 3. The highest BCUT2D eigenvalue weighted by atomic mass is 16.5. The fourth-order valence-corrected chi connectivity index (χ4v) is 1.79. The van der Waals surface area contributed by atoms with E-state index < -0.39 is 18.2 Å². The van der Waals surface area contributed by atoms with Gasteiger partial charge in [-0.1, -0.05) is 0 Å². The minimum absolute atomic E-state index is 0.0136. The highest BCUT2D eigenvalue weighted by Crippen LogP contribution is 2.37. The predicted octanol–water partition coefficient (Wildman–Crippen LogP) is 0.275. The lowest BCUT2D eigenvalue weighted by atomic mass is 9.98. The fourth-order valence-electron chi connectivity index (χ4n) is 1.79. The summed E-state index contributed by atoms with van der Waals surface area (Å²) in [5, 5.41) is 47.1. The number of ether oxygens (including phenoxy) is 1. The highest BCUT2D eigenvalue weighted by Gasteiger charge is 2.23. The van der Waals surface area contributed by atoms with Crippen molar-refractivity contribution < 1.29 is 35.1 Å². The zero-order chi connectivity index (χ0) is 16.0. The van der Waals surface area contributed by atoms with E-state index in [1.807, 2.05) is 0 Å². The average molecular weight is 298 g/mol. The third-order valence-electron chi connectivity index (χ3n) is 2.87. The van der Waals surface area contributed by atoms with Gasteiger partial charge in [0.2, 0.25) is 0 Å². The van der Waals surface area contributed by atoms with Crippen LogP contribution in [0.25, 0.3) is 6.08 Å². The molecule has 2 atom stereocenters. The van der Waals surface area contributed by atoms with Gasteiger partial charge in [0, 0.05) is 18.2 Å². The molecule has 0 aliphatic carbocycles. The van der Waals surface area contributed by atoms with Crippen molar-refractivity contribution in [2.75, 3.05) is 13.7 Å². The highest BCUT2D eigenvalue weighted by molar-refractivity contribution is 5.85. The maximum atomic E-state index is 10.5. The molecular formula is C14H18O7. The minimum atomic E-state index is -1.44. The van der Waals surface area contributed by atoms with Crippen molar-refractivity contribution in [1.29, 1.82) is 0 Å². The van der Waals surface area contributed by atoms with Crippen LogP contribution in [0.5, 0.6) is 11.5 Å². The number of hydrogen-bond acceptors (Lipinski definition) is 6. The third kappa shape index (κ3) is 4.45. The Labute approximate surface area is 121 Å². The van der Waals surface area contributed by atoms with Crippen LogP contribution >= 0.6 is 0 Å². The molecule has 21 heavy (non-hydrogen) atoms. The molecule has 7 heteroatoms. The van der Waals surface area contributed by atoms with Crippen LogP contribution in [-0.2, 0) is 4.79 Å². The van der Waals surface area contributed by atoms with Gasteiger partial charge in [-0.25, -0.2) is 4.79 Å². The van der Waals surface area contributed by atoms with Gasteiger partial charge < -0.3 is 30.3 Å². The van der Waals surface area contributed by atoms with Gasteiger partial charge in [-0.15, -0.1) is 0 Å². The zero-order valence-corrected chi connectivity index (χ0v) is 11.4. The summed E-state index contributed by atoms with van der Waals surface area (Å²) in [6.07, 6.45) is -0.628. The van der Waals surface area contributed by atoms with Crippen LogP contribution in [-0.4, -0.2) is 51.3 Å². The molecule has 0 heterocycles. The smallest absolute Gasteiger partial charge is 0.328 e. The summed E-state index contributed by atoms with van der Waals surface area (Å²) < 4.78 is 4.95. The second-order valence-electron chi connectivity index (χ2n) is 4.36. The molecular weight excluding hydrogens is 280 g/mol. The number of aromatic hydroxyl groups is 1. The van der Waals surface area contributed by atoms with Crippen LogP contribution in [0.1, 0.15) is 23.7 Å². The number of aliphatic hydroxyl groups excluding tert-OH is 3. The molecule has 1 rings (SSSR count). The SMILES string of the molecule is COc1cc(C=CC(=O)O)cc(C(O)C(O)CCO)c1O. The van der Waals surface area contributed by atoms with Crippen LogP contribution in [0.15, 0.2) is 18.2 Å². The molecule has 0 radical (unpaired) electrons. The molecule has 0 aliphatic heterocycles. The van der Waals surface area contributed by atoms with Crippen LogP contribution in [0.3, 0.4) is 0 Å². The van der Waals surface area contributed by atoms with Gasteiger partial charge in [0.1, 0.15) is 6.10 Å². The second-order valence-corrected chi connectivity index (χ2v) is 4.36. The lowest BCUT2D eigenvalue weighted by molar-refractivity contribution is -0.131. The zero-order valence-electron chi connectivity index (χ0n) is 11.4. The molecule has 5 N–H and O–H groups in total. The molecule has 0 amide bonds. The first-order chi connectivity index (χ1) is 9.90. The van der Waals surface area contributed by atoms with Crippen molar-refractivity contribution in [2.45, 2.75) is 18.6 Å². The molecule has 7 nitrogen and oxygen atoms in total. The topological polar surface area (TPSA) is 127 Å². The first kappa shape index (κ1) is 17.0. The van der Waals surface area contributed by atoms with Crippen molar-refractivity contribution >= 4 is 12.0 Å². The fraction of sp³-hybridized carbons (Fsp3) is 0.357. The molecule has 1 aromatic carbocycles. The Bertz CT molecular complexity index is 524. The van der Waals surface area contributed by atoms with Gasteiger partial charge in [-0.3, -0.25) is 0 Å². The molecule has 2 unspecified atom stereocenters. The van der Waals surface area contributed by atoms with E-state index in [2.05, 4.69) is 0 Å². The summed E-state index contributed by atoms with van der Waals surface area (Å²) in [5.74, 6) is -1.47. The van der Waals surface area contributed by atoms with Crippen molar-refractivity contribution in [3.8, 4) is 11.5 Å². The van der Waals surface area contributed by atoms with Gasteiger partial charge in [0.25, 0.3) is 0 Å². The van der Waals surface area contributed by atoms with E-state index in [0.29, 0.717) is 5.56 Å². The average Bonchev–Trinajstić information content (AvgIpc) is 2.45. The largest absolute Gasteiger partial charge is 0.504 e. The molecule has 1 aromatic rings. The van der Waals surface area contributed by atoms with Gasteiger partial charge in [-0.05, 0) is 30.2 Å². The van der Waals surface area contributed by atoms with Crippen LogP contribution in [0.2, 0.25) is 0 Å².